The molecule has 3 aromatic heterocycles. The lowest BCUT2D eigenvalue weighted by Gasteiger charge is -2.08. The van der Waals surface area contributed by atoms with Crippen LogP contribution >= 0.6 is 23.1 Å². The van der Waals surface area contributed by atoms with Crippen molar-refractivity contribution < 1.29 is 4.79 Å². The van der Waals surface area contributed by atoms with Gasteiger partial charge in [-0.3, -0.25) is 4.79 Å². The number of rotatable bonds is 7. The molecule has 5 nitrogen and oxygen atoms in total. The lowest BCUT2D eigenvalue weighted by molar-refractivity contribution is 0.102. The van der Waals surface area contributed by atoms with Gasteiger partial charge in [0.2, 0.25) is 0 Å². The molecule has 3 heterocycles. The highest BCUT2D eigenvalue weighted by molar-refractivity contribution is 7.99. The van der Waals surface area contributed by atoms with E-state index in [0.29, 0.717) is 11.8 Å². The monoisotopic (exact) mass is 386 g/mol. The average molecular weight is 387 g/mol. The Balaban J connectivity index is 1.51. The van der Waals surface area contributed by atoms with Crippen molar-refractivity contribution in [2.75, 3.05) is 5.75 Å². The van der Waals surface area contributed by atoms with Crippen molar-refractivity contribution in [2.45, 2.75) is 51.4 Å². The number of Topliss-reactive ketones (excluding diaryl/α,β-unsaturated/α-hetero) is 1. The molecule has 0 N–H and O–H groups in total. The lowest BCUT2D eigenvalue weighted by Crippen LogP contribution is -2.07. The Hall–Kier alpha value is -1.86. The second-order valence-electron chi connectivity index (χ2n) is 6.63. The molecule has 1 aliphatic carbocycles. The van der Waals surface area contributed by atoms with Gasteiger partial charge in [-0.1, -0.05) is 17.8 Å². The van der Waals surface area contributed by atoms with Crippen LogP contribution in [0.25, 0.3) is 10.7 Å². The van der Waals surface area contributed by atoms with Gasteiger partial charge in [0.05, 0.1) is 10.6 Å². The topological polar surface area (TPSA) is 52.7 Å². The number of thiophene rings is 1. The molecule has 1 aliphatic rings. The van der Waals surface area contributed by atoms with E-state index in [1.165, 1.54) is 30.3 Å². The summed E-state index contributed by atoms with van der Waals surface area (Å²) in [6.07, 6.45) is 2.45. The van der Waals surface area contributed by atoms with Crippen LogP contribution in [0.5, 0.6) is 0 Å². The molecule has 3 aromatic rings. The van der Waals surface area contributed by atoms with Gasteiger partial charge in [-0.2, -0.15) is 0 Å². The normalized spacial score (nSPS) is 14.1. The molecule has 0 amide bonds. The molecule has 26 heavy (non-hydrogen) atoms. The van der Waals surface area contributed by atoms with Gasteiger partial charge >= 0.3 is 0 Å². The second kappa shape index (κ2) is 7.04. The van der Waals surface area contributed by atoms with E-state index < -0.39 is 0 Å². The van der Waals surface area contributed by atoms with Crippen LogP contribution in [0.4, 0.5) is 0 Å². The highest BCUT2D eigenvalue weighted by Gasteiger charge is 2.28. The molecule has 1 saturated carbocycles. The fraction of sp³-hybridized carbons (Fsp3) is 0.421. The smallest absolute Gasteiger partial charge is 0.191 e. The number of hydrogen-bond acceptors (Lipinski definition) is 5. The predicted molar refractivity (Wildman–Crippen MR) is 106 cm³/mol. The number of thioether (sulfide) groups is 1. The third-order valence-electron chi connectivity index (χ3n) is 4.80. The summed E-state index contributed by atoms with van der Waals surface area (Å²) in [6, 6.07) is 6.70. The molecule has 0 bridgehead atoms. The van der Waals surface area contributed by atoms with E-state index in [1.807, 2.05) is 23.6 Å². The van der Waals surface area contributed by atoms with Gasteiger partial charge in [-0.15, -0.1) is 21.5 Å². The maximum absolute atomic E-state index is 12.8. The van der Waals surface area contributed by atoms with Crippen LogP contribution in [0.1, 0.15) is 47.6 Å². The van der Waals surface area contributed by atoms with E-state index in [2.05, 4.69) is 40.1 Å². The first-order valence-corrected chi connectivity index (χ1v) is 10.8. The SMILES string of the molecule is CCn1c(SCC(=O)c2cc(C)n(C3CC3)c2C)nnc1-c1cccs1. The summed E-state index contributed by atoms with van der Waals surface area (Å²) in [6.45, 7) is 7.02. The van der Waals surface area contributed by atoms with Gasteiger partial charge in [0.1, 0.15) is 0 Å². The zero-order chi connectivity index (χ0) is 18.3. The molecule has 136 valence electrons. The lowest BCUT2D eigenvalue weighted by atomic mass is 10.2. The number of carbonyl (C=O) groups excluding carboxylic acids is 1. The quantitative estimate of drug-likeness (QED) is 0.434. The average Bonchev–Trinajstić information content (AvgIpc) is 3.06. The zero-order valence-electron chi connectivity index (χ0n) is 15.2. The third-order valence-corrected chi connectivity index (χ3v) is 6.64. The summed E-state index contributed by atoms with van der Waals surface area (Å²) in [5.74, 6) is 1.43. The van der Waals surface area contributed by atoms with Crippen LogP contribution < -0.4 is 0 Å². The van der Waals surface area contributed by atoms with Gasteiger partial charge in [0.15, 0.2) is 16.8 Å². The van der Waals surface area contributed by atoms with Gasteiger partial charge < -0.3 is 9.13 Å². The summed E-state index contributed by atoms with van der Waals surface area (Å²) < 4.78 is 4.40. The maximum Gasteiger partial charge on any atom is 0.191 e. The number of nitrogens with zero attached hydrogens (tertiary/aromatic N) is 4. The summed E-state index contributed by atoms with van der Waals surface area (Å²) in [4.78, 5) is 13.9. The van der Waals surface area contributed by atoms with Crippen LogP contribution in [0.3, 0.4) is 0 Å². The van der Waals surface area contributed by atoms with E-state index in [-0.39, 0.29) is 5.78 Å². The first-order chi connectivity index (χ1) is 12.6. The minimum absolute atomic E-state index is 0.165. The first kappa shape index (κ1) is 17.5. The number of aromatic nitrogens is 4. The molecule has 0 aliphatic heterocycles. The molecular formula is C19H22N4OS2. The summed E-state index contributed by atoms with van der Waals surface area (Å²) in [5.41, 5.74) is 3.14. The number of carbonyl (C=O) groups is 1. The van der Waals surface area contributed by atoms with Gasteiger partial charge in [0, 0.05) is 29.5 Å². The largest absolute Gasteiger partial charge is 0.345 e. The Bertz CT molecular complexity index is 935. The molecule has 7 heteroatoms. The molecule has 0 saturated heterocycles. The van der Waals surface area contributed by atoms with Crippen molar-refractivity contribution in [1.82, 2.24) is 19.3 Å². The van der Waals surface area contributed by atoms with E-state index in [0.717, 1.165) is 33.7 Å². The molecule has 0 radical (unpaired) electrons. The Labute approximate surface area is 161 Å². The van der Waals surface area contributed by atoms with E-state index >= 15 is 0 Å². The predicted octanol–water partition coefficient (Wildman–Crippen LogP) is 4.75. The number of ketones is 1. The number of aryl methyl sites for hydroxylation is 1. The fourth-order valence-electron chi connectivity index (χ4n) is 3.43. The van der Waals surface area contributed by atoms with Crippen LogP contribution in [0, 0.1) is 13.8 Å². The molecule has 0 aromatic carbocycles. The van der Waals surface area contributed by atoms with Gasteiger partial charge in [-0.05, 0) is 51.1 Å². The fourth-order valence-corrected chi connectivity index (χ4v) is 5.03. The van der Waals surface area contributed by atoms with E-state index in [4.69, 9.17) is 0 Å². The van der Waals surface area contributed by atoms with Crippen LogP contribution in [-0.2, 0) is 6.54 Å². The second-order valence-corrected chi connectivity index (χ2v) is 8.52. The van der Waals surface area contributed by atoms with Gasteiger partial charge in [-0.25, -0.2) is 0 Å². The molecule has 1 fully saturated rings. The van der Waals surface area contributed by atoms with Crippen LogP contribution in [0.15, 0.2) is 28.7 Å². The minimum atomic E-state index is 0.165. The summed E-state index contributed by atoms with van der Waals surface area (Å²) in [7, 11) is 0. The highest BCUT2D eigenvalue weighted by Crippen LogP contribution is 2.38. The van der Waals surface area contributed by atoms with Crippen molar-refractivity contribution in [2.24, 2.45) is 0 Å². The first-order valence-electron chi connectivity index (χ1n) is 8.91. The molecular weight excluding hydrogens is 364 g/mol. The Kier molecular flexibility index (Phi) is 4.75. The van der Waals surface area contributed by atoms with E-state index in [9.17, 15) is 4.79 Å². The van der Waals surface area contributed by atoms with Crippen LogP contribution in [0.2, 0.25) is 0 Å². The van der Waals surface area contributed by atoms with Crippen molar-refractivity contribution in [3.05, 3.63) is 40.5 Å². The minimum Gasteiger partial charge on any atom is -0.345 e. The van der Waals surface area contributed by atoms with Crippen molar-refractivity contribution in [1.29, 1.82) is 0 Å². The molecule has 0 unspecified atom stereocenters. The van der Waals surface area contributed by atoms with Crippen molar-refractivity contribution in [3.63, 3.8) is 0 Å². The van der Waals surface area contributed by atoms with Crippen molar-refractivity contribution >= 4 is 28.9 Å². The Morgan fingerprint density at radius 1 is 1.35 bits per heavy atom. The molecule has 0 spiro atoms. The van der Waals surface area contributed by atoms with E-state index in [1.54, 1.807) is 11.3 Å². The standard InChI is InChI=1S/C19H22N4OS2/c1-4-22-18(17-6-5-9-25-17)20-21-19(22)26-11-16(24)15-10-12(2)23(13(15)3)14-7-8-14/h5-6,9-10,14H,4,7-8,11H2,1-3H3. The Morgan fingerprint density at radius 2 is 2.15 bits per heavy atom. The Morgan fingerprint density at radius 3 is 2.81 bits per heavy atom. The third kappa shape index (κ3) is 3.14. The maximum atomic E-state index is 12.8. The van der Waals surface area contributed by atoms with Crippen LogP contribution in [-0.4, -0.2) is 30.9 Å². The highest BCUT2D eigenvalue weighted by atomic mass is 32.2. The summed E-state index contributed by atoms with van der Waals surface area (Å²) in [5, 5.41) is 11.5. The zero-order valence-corrected chi connectivity index (χ0v) is 16.9. The van der Waals surface area contributed by atoms with Crippen molar-refractivity contribution in [3.8, 4) is 10.7 Å². The number of hydrogen-bond donors (Lipinski definition) is 0. The molecule has 4 rings (SSSR count). The summed E-state index contributed by atoms with van der Waals surface area (Å²) >= 11 is 3.13. The van der Waals surface area contributed by atoms with Gasteiger partial charge in [0.25, 0.3) is 0 Å². The molecule has 0 atom stereocenters.